The molecule has 0 aromatic rings. The van der Waals surface area contributed by atoms with Crippen molar-refractivity contribution in [3.63, 3.8) is 0 Å². The summed E-state index contributed by atoms with van der Waals surface area (Å²) in [6.45, 7) is 20.5. The number of ketones is 1. The van der Waals surface area contributed by atoms with Crippen molar-refractivity contribution >= 4 is 5.78 Å². The second-order valence-electron chi connectivity index (χ2n) is 14.1. The van der Waals surface area contributed by atoms with E-state index in [4.69, 9.17) is 0 Å². The fourth-order valence-electron chi connectivity index (χ4n) is 10.2. The number of hydrogen-bond acceptors (Lipinski definition) is 2. The van der Waals surface area contributed by atoms with Gasteiger partial charge in [-0.1, -0.05) is 40.2 Å². The minimum Gasteiger partial charge on any atom is -0.390 e. The van der Waals surface area contributed by atoms with Crippen LogP contribution in [0.3, 0.4) is 0 Å². The van der Waals surface area contributed by atoms with Crippen molar-refractivity contribution < 1.29 is 9.90 Å². The van der Waals surface area contributed by atoms with Gasteiger partial charge in [0, 0.05) is 11.8 Å². The zero-order chi connectivity index (χ0) is 23.7. The molecular weight excluding hydrogens is 392 g/mol. The highest BCUT2D eigenvalue weighted by molar-refractivity contribution is 5.85. The minimum atomic E-state index is -0.568. The molecule has 8 atom stereocenters. The predicted octanol–water partition coefficient (Wildman–Crippen LogP) is 7.74. The van der Waals surface area contributed by atoms with Crippen LogP contribution in [0.2, 0.25) is 0 Å². The molecule has 2 heteroatoms. The molecule has 0 spiro atoms. The Kier molecular flexibility index (Phi) is 5.89. The summed E-state index contributed by atoms with van der Waals surface area (Å²) in [5.41, 5.74) is 1.39. The maximum absolute atomic E-state index is 12.8. The van der Waals surface area contributed by atoms with Gasteiger partial charge in [-0.05, 0) is 118 Å². The molecule has 2 nitrogen and oxygen atoms in total. The molecule has 4 fully saturated rings. The maximum atomic E-state index is 12.8. The van der Waals surface area contributed by atoms with Crippen LogP contribution in [-0.4, -0.2) is 16.5 Å². The van der Waals surface area contributed by atoms with Gasteiger partial charge in [0.1, 0.15) is 5.78 Å². The normalized spacial score (nSPS) is 47.2. The van der Waals surface area contributed by atoms with Crippen molar-refractivity contribution in [1.29, 1.82) is 0 Å². The van der Waals surface area contributed by atoms with E-state index in [9.17, 15) is 9.90 Å². The van der Waals surface area contributed by atoms with Crippen LogP contribution < -0.4 is 0 Å². The first-order valence-electron chi connectivity index (χ1n) is 13.6. The lowest BCUT2D eigenvalue weighted by Crippen LogP contribution is -2.63. The summed E-state index contributed by atoms with van der Waals surface area (Å²) in [7, 11) is 0. The highest BCUT2D eigenvalue weighted by Gasteiger charge is 2.69. The second kappa shape index (κ2) is 7.69. The highest BCUT2D eigenvalue weighted by atomic mass is 16.3. The largest absolute Gasteiger partial charge is 0.390 e. The van der Waals surface area contributed by atoms with Crippen molar-refractivity contribution in [1.82, 2.24) is 0 Å². The van der Waals surface area contributed by atoms with Gasteiger partial charge in [0.2, 0.25) is 0 Å². The standard InChI is InChI=1S/C30H50O2/c1-20(2)10-9-16-30(8,32)22-13-18-28(6)21(22)11-12-24-27(5)17-15-25(31)26(3,4)23(27)14-19-29(24,28)7/h21-24,32H,1,9-19H2,2-8H3. The Bertz CT molecular complexity index is 778. The van der Waals surface area contributed by atoms with Crippen LogP contribution >= 0.6 is 0 Å². The average Bonchev–Trinajstić information content (AvgIpc) is 3.04. The monoisotopic (exact) mass is 442 g/mol. The second-order valence-corrected chi connectivity index (χ2v) is 14.1. The van der Waals surface area contributed by atoms with Gasteiger partial charge in [-0.25, -0.2) is 0 Å². The Hall–Kier alpha value is -0.630. The van der Waals surface area contributed by atoms with Crippen molar-refractivity contribution in [2.24, 2.45) is 45.3 Å². The summed E-state index contributed by atoms with van der Waals surface area (Å²) in [5, 5.41) is 11.6. The lowest BCUT2D eigenvalue weighted by Gasteiger charge is -2.69. The molecule has 182 valence electrons. The SMILES string of the molecule is C=C(C)CCCC(C)(O)C1CCC2(C)C1CCC1C3(C)CCC(=O)C(C)(C)C3CCC12C. The molecule has 0 aromatic heterocycles. The third kappa shape index (κ3) is 3.32. The van der Waals surface area contributed by atoms with Crippen molar-refractivity contribution in [2.45, 2.75) is 125 Å². The molecule has 0 amide bonds. The van der Waals surface area contributed by atoms with E-state index in [0.717, 1.165) is 32.1 Å². The number of aliphatic hydroxyl groups is 1. The van der Waals surface area contributed by atoms with E-state index in [2.05, 4.69) is 55.0 Å². The highest BCUT2D eigenvalue weighted by Crippen LogP contribution is 2.75. The molecule has 0 aliphatic heterocycles. The fraction of sp³-hybridized carbons (Fsp3) is 0.900. The van der Waals surface area contributed by atoms with E-state index in [1.54, 1.807) is 0 Å². The van der Waals surface area contributed by atoms with Crippen LogP contribution in [0.5, 0.6) is 0 Å². The molecular formula is C30H50O2. The van der Waals surface area contributed by atoms with Crippen molar-refractivity contribution in [3.8, 4) is 0 Å². The Morgan fingerprint density at radius 1 is 1.00 bits per heavy atom. The van der Waals surface area contributed by atoms with Gasteiger partial charge in [0.05, 0.1) is 5.60 Å². The first-order chi connectivity index (χ1) is 14.7. The third-order valence-corrected chi connectivity index (χ3v) is 12.2. The van der Waals surface area contributed by atoms with E-state index < -0.39 is 5.60 Å². The molecule has 32 heavy (non-hydrogen) atoms. The summed E-state index contributed by atoms with van der Waals surface area (Å²) < 4.78 is 0. The molecule has 0 saturated heterocycles. The van der Waals surface area contributed by atoms with Gasteiger partial charge >= 0.3 is 0 Å². The van der Waals surface area contributed by atoms with E-state index in [1.165, 1.54) is 44.1 Å². The zero-order valence-electron chi connectivity index (χ0n) is 22.2. The molecule has 0 heterocycles. The molecule has 4 aliphatic carbocycles. The molecule has 4 rings (SSSR count). The van der Waals surface area contributed by atoms with E-state index >= 15 is 0 Å². The van der Waals surface area contributed by atoms with Crippen LogP contribution in [0, 0.1) is 45.3 Å². The third-order valence-electron chi connectivity index (χ3n) is 12.2. The fourth-order valence-corrected chi connectivity index (χ4v) is 10.2. The van der Waals surface area contributed by atoms with Crippen LogP contribution in [0.25, 0.3) is 0 Å². The van der Waals surface area contributed by atoms with Gasteiger partial charge < -0.3 is 5.11 Å². The number of Topliss-reactive ketones (excluding diaryl/α,β-unsaturated/α-hetero) is 1. The molecule has 0 bridgehead atoms. The van der Waals surface area contributed by atoms with Gasteiger partial charge in [0.15, 0.2) is 0 Å². The summed E-state index contributed by atoms with van der Waals surface area (Å²) in [5.74, 6) is 2.77. The van der Waals surface area contributed by atoms with Crippen molar-refractivity contribution in [3.05, 3.63) is 12.2 Å². The molecule has 4 saturated carbocycles. The van der Waals surface area contributed by atoms with Gasteiger partial charge in [-0.15, -0.1) is 6.58 Å². The Balaban J connectivity index is 1.61. The van der Waals surface area contributed by atoms with Crippen LogP contribution in [0.1, 0.15) is 119 Å². The van der Waals surface area contributed by atoms with E-state index in [0.29, 0.717) is 40.3 Å². The van der Waals surface area contributed by atoms with Crippen molar-refractivity contribution in [2.75, 3.05) is 0 Å². The van der Waals surface area contributed by atoms with Gasteiger partial charge in [-0.2, -0.15) is 0 Å². The van der Waals surface area contributed by atoms with Crippen LogP contribution in [-0.2, 0) is 4.79 Å². The van der Waals surface area contributed by atoms with Crippen LogP contribution in [0.4, 0.5) is 0 Å². The van der Waals surface area contributed by atoms with E-state index in [1.807, 2.05) is 0 Å². The smallest absolute Gasteiger partial charge is 0.138 e. The van der Waals surface area contributed by atoms with Gasteiger partial charge in [-0.3, -0.25) is 4.79 Å². The number of hydrogen-bond donors (Lipinski definition) is 1. The topological polar surface area (TPSA) is 37.3 Å². The molecule has 4 aliphatic rings. The molecule has 1 N–H and O–H groups in total. The summed E-state index contributed by atoms with van der Waals surface area (Å²) in [4.78, 5) is 12.8. The lowest BCUT2D eigenvalue weighted by atomic mass is 9.35. The number of carbonyl (C=O) groups is 1. The minimum absolute atomic E-state index is 0.169. The summed E-state index contributed by atoms with van der Waals surface area (Å²) in [6, 6.07) is 0. The summed E-state index contributed by atoms with van der Waals surface area (Å²) in [6.07, 6.45) is 12.3. The predicted molar refractivity (Wildman–Crippen MR) is 133 cm³/mol. The maximum Gasteiger partial charge on any atom is 0.138 e. The number of carbonyl (C=O) groups excluding carboxylic acids is 1. The number of rotatable bonds is 5. The molecule has 0 radical (unpaired) electrons. The number of fused-ring (bicyclic) bond motifs is 5. The van der Waals surface area contributed by atoms with Gasteiger partial charge in [0.25, 0.3) is 0 Å². The quantitative estimate of drug-likeness (QED) is 0.442. The Labute approximate surface area is 198 Å². The van der Waals surface area contributed by atoms with E-state index in [-0.39, 0.29) is 10.8 Å². The average molecular weight is 443 g/mol. The lowest BCUT2D eigenvalue weighted by molar-refractivity contribution is -0.207. The first kappa shape index (κ1) is 24.5. The Morgan fingerprint density at radius 3 is 2.31 bits per heavy atom. The number of allylic oxidation sites excluding steroid dienone is 1. The first-order valence-corrected chi connectivity index (χ1v) is 13.6. The Morgan fingerprint density at radius 2 is 1.66 bits per heavy atom. The molecule has 8 unspecified atom stereocenters. The summed E-state index contributed by atoms with van der Waals surface area (Å²) >= 11 is 0. The molecule has 0 aromatic carbocycles. The zero-order valence-corrected chi connectivity index (χ0v) is 22.2. The van der Waals surface area contributed by atoms with Crippen LogP contribution in [0.15, 0.2) is 12.2 Å².